The van der Waals surface area contributed by atoms with Crippen molar-refractivity contribution in [1.82, 2.24) is 9.55 Å². The first kappa shape index (κ1) is 15.6. The second-order valence-corrected chi connectivity index (χ2v) is 6.08. The van der Waals surface area contributed by atoms with Crippen LogP contribution in [-0.4, -0.2) is 44.7 Å². The lowest BCUT2D eigenvalue weighted by Gasteiger charge is -2.30. The van der Waals surface area contributed by atoms with Crippen LogP contribution >= 0.6 is 7.82 Å². The number of ether oxygens (including phenoxy) is 1. The van der Waals surface area contributed by atoms with E-state index in [9.17, 15) is 24.6 Å². The average molecular weight is 328 g/mol. The third kappa shape index (κ3) is 2.92. The Balaban J connectivity index is 1.82. The fourth-order valence-corrected chi connectivity index (χ4v) is 2.77. The van der Waals surface area contributed by atoms with Crippen LogP contribution in [0.2, 0.25) is 0 Å². The Hall–Kier alpha value is -1.32. The summed E-state index contributed by atoms with van der Waals surface area (Å²) in [6, 6.07) is 7.12. The fraction of sp³-hybridized carbons (Fsp3) is 0.417. The molecule has 0 radical (unpaired) electrons. The molecule has 1 aliphatic rings. The molecule has 0 bridgehead atoms. The lowest BCUT2D eigenvalue weighted by atomic mass is 10.1. The second-order valence-electron chi connectivity index (χ2n) is 4.93. The Morgan fingerprint density at radius 3 is 2.77 bits per heavy atom. The second kappa shape index (κ2) is 5.71. The predicted octanol–water partition coefficient (Wildman–Crippen LogP) is -1.50. The molecule has 120 valence electrons. The van der Waals surface area contributed by atoms with E-state index in [0.717, 1.165) is 0 Å². The van der Waals surface area contributed by atoms with Gasteiger partial charge in [0.05, 0.1) is 31.8 Å². The molecule has 3 rings (SSSR count). The van der Waals surface area contributed by atoms with E-state index >= 15 is 0 Å². The standard InChI is InChI=1S/C12H15N2O7P/c15-10-9(5-20-22(17,18)19)21-12(11(10)16)14-6-13-7-3-1-2-4-8(7)14/h1-4,6,9-12,15-16H,5H2,(H2,17,18,19)/p-2/t9-,10-,11-,12+/m1/s1. The number of aromatic nitrogens is 2. The summed E-state index contributed by atoms with van der Waals surface area (Å²) in [7, 11) is -5.18. The molecule has 1 aliphatic heterocycles. The number of phosphoric acid groups is 1. The third-order valence-corrected chi connectivity index (χ3v) is 3.95. The fourth-order valence-electron chi connectivity index (χ4n) is 2.44. The summed E-state index contributed by atoms with van der Waals surface area (Å²) >= 11 is 0. The average Bonchev–Trinajstić information content (AvgIpc) is 3.00. The van der Waals surface area contributed by atoms with E-state index in [4.69, 9.17) is 4.74 Å². The Kier molecular flexibility index (Phi) is 4.04. The minimum atomic E-state index is -5.18. The molecule has 0 aliphatic carbocycles. The normalized spacial score (nSPS) is 29.3. The van der Waals surface area contributed by atoms with Crippen LogP contribution < -0.4 is 9.79 Å². The van der Waals surface area contributed by atoms with Crippen molar-refractivity contribution < 1.29 is 33.8 Å². The van der Waals surface area contributed by atoms with Crippen molar-refractivity contribution in [2.75, 3.05) is 6.61 Å². The number of hydrogen-bond donors (Lipinski definition) is 2. The summed E-state index contributed by atoms with van der Waals surface area (Å²) in [6.45, 7) is -0.661. The molecule has 9 nitrogen and oxygen atoms in total. The highest BCUT2D eigenvalue weighted by atomic mass is 31.2. The van der Waals surface area contributed by atoms with E-state index in [1.54, 1.807) is 24.3 Å². The summed E-state index contributed by atoms with van der Waals surface area (Å²) in [4.78, 5) is 25.1. The van der Waals surface area contributed by atoms with Crippen molar-refractivity contribution in [1.29, 1.82) is 0 Å². The van der Waals surface area contributed by atoms with Crippen LogP contribution in [0.25, 0.3) is 11.0 Å². The molecule has 2 heterocycles. The number of rotatable bonds is 4. The minimum absolute atomic E-state index is 0.661. The molecule has 0 saturated carbocycles. The maximum Gasteiger partial charge on any atom is 0.164 e. The first-order valence-corrected chi connectivity index (χ1v) is 7.92. The predicted molar refractivity (Wildman–Crippen MR) is 69.2 cm³/mol. The van der Waals surface area contributed by atoms with Crippen LogP contribution in [0.4, 0.5) is 0 Å². The minimum Gasteiger partial charge on any atom is -0.790 e. The van der Waals surface area contributed by atoms with Crippen molar-refractivity contribution in [2.45, 2.75) is 24.5 Å². The van der Waals surface area contributed by atoms with Crippen molar-refractivity contribution >= 4 is 18.9 Å². The van der Waals surface area contributed by atoms with Gasteiger partial charge in [-0.3, -0.25) is 0 Å². The molecule has 10 heteroatoms. The zero-order valence-electron chi connectivity index (χ0n) is 11.2. The van der Waals surface area contributed by atoms with E-state index in [1.807, 2.05) is 0 Å². The summed E-state index contributed by atoms with van der Waals surface area (Å²) in [5.74, 6) is 0. The molecule has 1 fully saturated rings. The van der Waals surface area contributed by atoms with Gasteiger partial charge >= 0.3 is 0 Å². The van der Waals surface area contributed by atoms with Crippen molar-refractivity contribution in [3.8, 4) is 0 Å². The quantitative estimate of drug-likeness (QED) is 0.646. The number of phosphoric ester groups is 1. The van der Waals surface area contributed by atoms with Crippen LogP contribution in [-0.2, 0) is 13.8 Å². The van der Waals surface area contributed by atoms with Gasteiger partial charge in [0, 0.05) is 0 Å². The van der Waals surface area contributed by atoms with Gasteiger partial charge in [-0.2, -0.15) is 0 Å². The first-order chi connectivity index (χ1) is 10.4. The van der Waals surface area contributed by atoms with Crippen LogP contribution in [0.15, 0.2) is 30.6 Å². The van der Waals surface area contributed by atoms with Gasteiger partial charge in [-0.25, -0.2) is 4.98 Å². The summed E-state index contributed by atoms with van der Waals surface area (Å²) in [6.07, 6.45) is -3.37. The lowest BCUT2D eigenvalue weighted by Crippen LogP contribution is -2.34. The van der Waals surface area contributed by atoms with Crippen LogP contribution in [0.5, 0.6) is 0 Å². The maximum atomic E-state index is 10.5. The van der Waals surface area contributed by atoms with E-state index in [1.165, 1.54) is 10.9 Å². The molecule has 22 heavy (non-hydrogen) atoms. The number of benzene rings is 1. The molecule has 1 aromatic heterocycles. The molecule has 0 amide bonds. The molecule has 0 spiro atoms. The molecule has 4 atom stereocenters. The highest BCUT2D eigenvalue weighted by Gasteiger charge is 2.44. The highest BCUT2D eigenvalue weighted by molar-refractivity contribution is 7.43. The van der Waals surface area contributed by atoms with Crippen LogP contribution in [0, 0.1) is 0 Å². The molecule has 2 N–H and O–H groups in total. The van der Waals surface area contributed by atoms with E-state index in [0.29, 0.717) is 11.0 Å². The molecule has 2 aromatic rings. The number of nitrogens with zero attached hydrogens (tertiary/aromatic N) is 2. The number of aliphatic hydroxyl groups is 2. The number of aliphatic hydroxyl groups excluding tert-OH is 2. The van der Waals surface area contributed by atoms with Gasteiger partial charge in [0.25, 0.3) is 0 Å². The van der Waals surface area contributed by atoms with Gasteiger partial charge in [0.15, 0.2) is 6.23 Å². The smallest absolute Gasteiger partial charge is 0.164 e. The van der Waals surface area contributed by atoms with E-state index in [2.05, 4.69) is 9.51 Å². The van der Waals surface area contributed by atoms with Crippen molar-refractivity contribution in [2.24, 2.45) is 0 Å². The van der Waals surface area contributed by atoms with Gasteiger partial charge in [-0.1, -0.05) is 12.1 Å². The molecular formula is C12H13N2O7P-2. The molecular weight excluding hydrogens is 315 g/mol. The Labute approximate surface area is 125 Å². The Morgan fingerprint density at radius 1 is 1.32 bits per heavy atom. The third-order valence-electron chi connectivity index (χ3n) is 3.49. The van der Waals surface area contributed by atoms with Crippen molar-refractivity contribution in [3.05, 3.63) is 30.6 Å². The van der Waals surface area contributed by atoms with Gasteiger partial charge in [0.2, 0.25) is 0 Å². The van der Waals surface area contributed by atoms with Gasteiger partial charge in [-0.15, -0.1) is 0 Å². The molecule has 1 aromatic carbocycles. The largest absolute Gasteiger partial charge is 0.790 e. The summed E-state index contributed by atoms with van der Waals surface area (Å²) < 4.78 is 21.6. The highest BCUT2D eigenvalue weighted by Crippen LogP contribution is 2.34. The lowest BCUT2D eigenvalue weighted by molar-refractivity contribution is -0.343. The summed E-state index contributed by atoms with van der Waals surface area (Å²) in [5, 5.41) is 20.0. The zero-order valence-corrected chi connectivity index (χ0v) is 12.1. The zero-order chi connectivity index (χ0) is 15.9. The number of hydrogen-bond acceptors (Lipinski definition) is 8. The monoisotopic (exact) mass is 328 g/mol. The topological polar surface area (TPSA) is 140 Å². The van der Waals surface area contributed by atoms with Crippen LogP contribution in [0.1, 0.15) is 6.23 Å². The van der Waals surface area contributed by atoms with Gasteiger partial charge in [-0.05, 0) is 12.1 Å². The summed E-state index contributed by atoms with van der Waals surface area (Å²) in [5.41, 5.74) is 1.36. The van der Waals surface area contributed by atoms with E-state index in [-0.39, 0.29) is 0 Å². The number of para-hydroxylation sites is 2. The molecule has 0 unspecified atom stereocenters. The first-order valence-electron chi connectivity index (χ1n) is 6.46. The molecule has 1 saturated heterocycles. The van der Waals surface area contributed by atoms with Gasteiger partial charge < -0.3 is 38.4 Å². The van der Waals surface area contributed by atoms with Crippen molar-refractivity contribution in [3.63, 3.8) is 0 Å². The number of imidazole rings is 1. The number of fused-ring (bicyclic) bond motifs is 1. The van der Waals surface area contributed by atoms with E-state index < -0.39 is 39.0 Å². The SMILES string of the molecule is O=P([O-])([O-])OC[C@H]1O[C@H](n2cnc3ccccc32)[C@H](O)[C@@H]1O. The van der Waals surface area contributed by atoms with Gasteiger partial charge in [0.1, 0.15) is 18.3 Å². The maximum absolute atomic E-state index is 10.5. The Morgan fingerprint density at radius 2 is 2.05 bits per heavy atom. The van der Waals surface area contributed by atoms with Crippen LogP contribution in [0.3, 0.4) is 0 Å². The Bertz CT molecular complexity index is 714.